The third-order valence-corrected chi connectivity index (χ3v) is 5.45. The van der Waals surface area contributed by atoms with Crippen molar-refractivity contribution in [2.24, 2.45) is 10.2 Å². The Morgan fingerprint density at radius 2 is 1.55 bits per heavy atom. The van der Waals surface area contributed by atoms with E-state index in [1.807, 2.05) is 60.7 Å². The third-order valence-electron chi connectivity index (χ3n) is 4.46. The Morgan fingerprint density at radius 3 is 2.19 bits per heavy atom. The highest BCUT2D eigenvalue weighted by molar-refractivity contribution is 7.19. The summed E-state index contributed by atoms with van der Waals surface area (Å²) >= 11 is 1.51. The maximum absolute atomic E-state index is 10.7. The zero-order valence-corrected chi connectivity index (χ0v) is 17.3. The molecule has 0 atom stereocenters. The number of aromatic nitrogens is 1. The predicted molar refractivity (Wildman–Crippen MR) is 124 cm³/mol. The molecule has 1 aromatic heterocycles. The van der Waals surface area contributed by atoms with Gasteiger partial charge in [-0.1, -0.05) is 84.2 Å². The van der Waals surface area contributed by atoms with Gasteiger partial charge in [0.1, 0.15) is 0 Å². The average molecular weight is 427 g/mol. The summed E-state index contributed by atoms with van der Waals surface area (Å²) in [7, 11) is 0. The van der Waals surface area contributed by atoms with E-state index >= 15 is 0 Å². The number of hydrogen-bond acceptors (Lipinski definition) is 6. The van der Waals surface area contributed by atoms with Crippen molar-refractivity contribution in [3.05, 3.63) is 107 Å². The summed E-state index contributed by atoms with van der Waals surface area (Å²) in [5.74, 6) is 0. The molecule has 0 saturated heterocycles. The van der Waals surface area contributed by atoms with Crippen LogP contribution in [0.4, 0.5) is 10.8 Å². The number of hydrogen-bond donors (Lipinski definition) is 0. The highest BCUT2D eigenvalue weighted by Crippen LogP contribution is 2.40. The predicted octanol–water partition coefficient (Wildman–Crippen LogP) is 7.18. The molecule has 0 aliphatic heterocycles. The Balaban J connectivity index is 1.50. The number of thiazole rings is 1. The normalized spacial score (nSPS) is 11.4. The molecule has 0 N–H and O–H groups in total. The maximum Gasteiger partial charge on any atom is 0.269 e. The maximum atomic E-state index is 10.7. The summed E-state index contributed by atoms with van der Waals surface area (Å²) in [5, 5.41) is 19.8. The molecule has 4 rings (SSSR count). The van der Waals surface area contributed by atoms with E-state index in [1.54, 1.807) is 12.1 Å². The van der Waals surface area contributed by atoms with Crippen molar-refractivity contribution in [1.82, 2.24) is 4.98 Å². The van der Waals surface area contributed by atoms with E-state index in [2.05, 4.69) is 22.4 Å². The Kier molecular flexibility index (Phi) is 6.35. The molecule has 0 unspecified atom stereocenters. The van der Waals surface area contributed by atoms with Gasteiger partial charge >= 0.3 is 0 Å². The van der Waals surface area contributed by atoms with Gasteiger partial charge in [0.05, 0.1) is 22.0 Å². The van der Waals surface area contributed by atoms with Crippen molar-refractivity contribution in [2.75, 3.05) is 6.54 Å². The van der Waals surface area contributed by atoms with Crippen molar-refractivity contribution >= 4 is 28.2 Å². The lowest BCUT2D eigenvalue weighted by Crippen LogP contribution is -1.86. The summed E-state index contributed by atoms with van der Waals surface area (Å²) < 4.78 is 0. The number of benzene rings is 3. The highest BCUT2D eigenvalue weighted by Gasteiger charge is 2.14. The molecule has 0 bridgehead atoms. The molecule has 0 fully saturated rings. The van der Waals surface area contributed by atoms with Crippen LogP contribution in [0.3, 0.4) is 0 Å². The third kappa shape index (κ3) is 5.15. The van der Waals surface area contributed by atoms with Crippen LogP contribution in [0.15, 0.2) is 101 Å². The first-order valence-corrected chi connectivity index (χ1v) is 10.4. The first-order valence-electron chi connectivity index (χ1n) is 9.61. The minimum Gasteiger partial charge on any atom is -0.258 e. The first-order chi connectivity index (χ1) is 15.2. The number of non-ortho nitro benzene ring substituents is 1. The molecule has 0 spiro atoms. The molecule has 0 saturated carbocycles. The molecule has 0 aliphatic carbocycles. The van der Waals surface area contributed by atoms with Gasteiger partial charge in [-0.2, -0.15) is 5.11 Å². The van der Waals surface area contributed by atoms with Gasteiger partial charge in [0, 0.05) is 17.7 Å². The average Bonchev–Trinajstić information content (AvgIpc) is 3.24. The Morgan fingerprint density at radius 1 is 0.903 bits per heavy atom. The summed E-state index contributed by atoms with van der Waals surface area (Å²) in [5.41, 5.74) is 3.97. The molecule has 1 heterocycles. The van der Waals surface area contributed by atoms with Crippen LogP contribution in [0, 0.1) is 10.1 Å². The molecule has 7 heteroatoms. The Bertz CT molecular complexity index is 1160. The molecule has 4 aromatic rings. The summed E-state index contributed by atoms with van der Waals surface area (Å²) in [6, 6.07) is 26.5. The van der Waals surface area contributed by atoms with Gasteiger partial charge in [-0.3, -0.25) is 10.1 Å². The van der Waals surface area contributed by atoms with Crippen LogP contribution in [0.25, 0.3) is 27.8 Å². The zero-order chi connectivity index (χ0) is 21.5. The SMILES string of the molecule is O=[N+]([O-])c1ccc(C=CCN=Nc2nc(-c3ccccc3)c(-c3ccccc3)s2)cc1. The topological polar surface area (TPSA) is 80.8 Å². The van der Waals surface area contributed by atoms with Gasteiger partial charge < -0.3 is 0 Å². The van der Waals surface area contributed by atoms with E-state index in [9.17, 15) is 10.1 Å². The van der Waals surface area contributed by atoms with Gasteiger partial charge in [-0.25, -0.2) is 4.98 Å². The second kappa shape index (κ2) is 9.69. The van der Waals surface area contributed by atoms with Crippen molar-refractivity contribution in [1.29, 1.82) is 0 Å². The fraction of sp³-hybridized carbons (Fsp3) is 0.0417. The molecule has 0 amide bonds. The molecule has 0 aliphatic rings. The zero-order valence-electron chi connectivity index (χ0n) is 16.5. The largest absolute Gasteiger partial charge is 0.269 e. The monoisotopic (exact) mass is 426 g/mol. The number of azo groups is 1. The van der Waals surface area contributed by atoms with Crippen LogP contribution in [0.5, 0.6) is 0 Å². The second-order valence-corrected chi connectivity index (χ2v) is 7.56. The second-order valence-electron chi connectivity index (χ2n) is 6.58. The van der Waals surface area contributed by atoms with Crippen molar-refractivity contribution < 1.29 is 4.92 Å². The number of nitro groups is 1. The molecule has 0 radical (unpaired) electrons. The molecule has 31 heavy (non-hydrogen) atoms. The van der Waals surface area contributed by atoms with E-state index in [4.69, 9.17) is 4.98 Å². The fourth-order valence-electron chi connectivity index (χ4n) is 2.97. The van der Waals surface area contributed by atoms with Gasteiger partial charge in [0.15, 0.2) is 0 Å². The fourth-order valence-corrected chi connectivity index (χ4v) is 3.91. The lowest BCUT2D eigenvalue weighted by atomic mass is 10.1. The van der Waals surface area contributed by atoms with E-state index in [0.29, 0.717) is 11.7 Å². The molecular weight excluding hydrogens is 408 g/mol. The van der Waals surface area contributed by atoms with Crippen molar-refractivity contribution in [3.8, 4) is 21.7 Å². The standard InChI is InChI=1S/C24H18N4O2S/c29-28(30)21-15-13-18(14-16-21)8-7-17-25-27-24-26-22(19-9-3-1-4-10-19)23(31-24)20-11-5-2-6-12-20/h1-16H,17H2. The number of nitrogens with zero attached hydrogens (tertiary/aromatic N) is 4. The number of nitro benzene ring substituents is 1. The van der Waals surface area contributed by atoms with Gasteiger partial charge in [-0.15, -0.1) is 5.11 Å². The van der Waals surface area contributed by atoms with Crippen LogP contribution in [-0.2, 0) is 0 Å². The van der Waals surface area contributed by atoms with Gasteiger partial charge in [-0.05, 0) is 23.3 Å². The minimum absolute atomic E-state index is 0.0732. The van der Waals surface area contributed by atoms with Crippen molar-refractivity contribution in [2.45, 2.75) is 0 Å². The first kappa shape index (κ1) is 20.3. The van der Waals surface area contributed by atoms with Crippen LogP contribution in [0.2, 0.25) is 0 Å². The smallest absolute Gasteiger partial charge is 0.258 e. The highest BCUT2D eigenvalue weighted by atomic mass is 32.1. The van der Waals surface area contributed by atoms with E-state index in [1.165, 1.54) is 23.5 Å². The summed E-state index contributed by atoms with van der Waals surface area (Å²) in [6.07, 6.45) is 3.71. The van der Waals surface area contributed by atoms with E-state index in [0.717, 1.165) is 27.3 Å². The molecule has 3 aromatic carbocycles. The van der Waals surface area contributed by atoms with Crippen LogP contribution >= 0.6 is 11.3 Å². The quantitative estimate of drug-likeness (QED) is 0.178. The number of rotatable bonds is 7. The van der Waals surface area contributed by atoms with Crippen LogP contribution < -0.4 is 0 Å². The molecule has 6 nitrogen and oxygen atoms in total. The van der Waals surface area contributed by atoms with Crippen LogP contribution in [-0.4, -0.2) is 16.5 Å². The lowest BCUT2D eigenvalue weighted by Gasteiger charge is -2.02. The van der Waals surface area contributed by atoms with E-state index in [-0.39, 0.29) is 5.69 Å². The Hall–Kier alpha value is -3.97. The molecule has 152 valence electrons. The molecular formula is C24H18N4O2S. The summed E-state index contributed by atoms with van der Waals surface area (Å²) in [6.45, 7) is 0.387. The van der Waals surface area contributed by atoms with Gasteiger partial charge in [0.2, 0.25) is 5.13 Å². The summed E-state index contributed by atoms with van der Waals surface area (Å²) in [4.78, 5) is 16.1. The minimum atomic E-state index is -0.414. The van der Waals surface area contributed by atoms with Crippen LogP contribution in [0.1, 0.15) is 5.56 Å². The lowest BCUT2D eigenvalue weighted by molar-refractivity contribution is -0.384. The van der Waals surface area contributed by atoms with Gasteiger partial charge in [0.25, 0.3) is 5.69 Å². The van der Waals surface area contributed by atoms with Crippen molar-refractivity contribution in [3.63, 3.8) is 0 Å². The Labute approximate surface area is 183 Å². The van der Waals surface area contributed by atoms with E-state index < -0.39 is 4.92 Å².